The lowest BCUT2D eigenvalue weighted by Crippen LogP contribution is -2.03. The molecule has 21 aromatic carbocycles. The number of benzene rings is 21. The Bertz CT molecular complexity index is 10300. The first kappa shape index (κ1) is 79.6. The first-order valence-electron chi connectivity index (χ1n) is 47.4. The molecule has 9 heterocycles. The molecular weight excluding hydrogens is 1710 g/mol. The summed E-state index contributed by atoms with van der Waals surface area (Å²) in [6, 6.07) is 168. The summed E-state index contributed by atoms with van der Waals surface area (Å²) in [5.41, 5.74) is 29.9. The fourth-order valence-electron chi connectivity index (χ4n) is 22.3. The molecule has 0 saturated heterocycles. The SMILES string of the molecule is Fc1ccc(-c2nc(-c3ccc(-n4c5ccccc5c5c6c7ccccc7n(-c7ccccc7)c6ccc54)c4ccccc34)nc3ccccc23)cc1.c1ccc(-c2ccc3c(c2)c2c4c5ccccc5n(-c5ccccc5)c4ccc2n3-c2ccccc2)cc1.c1ccc(-n2c3ccccc3c3c4c5ccccc5n(-c5nc(-c6cccc7c6oc6ccccc67)c6ccccc6n5)c4ccc32)cc1. The van der Waals surface area contributed by atoms with Gasteiger partial charge in [0.2, 0.25) is 5.95 Å². The molecule has 0 aliphatic rings. The van der Waals surface area contributed by atoms with Crippen LogP contribution in [0.2, 0.25) is 0 Å². The van der Waals surface area contributed by atoms with Crippen molar-refractivity contribution in [1.82, 2.24) is 47.3 Å². The Hall–Kier alpha value is -18.9. The van der Waals surface area contributed by atoms with Crippen molar-refractivity contribution in [3.8, 4) is 79.4 Å². The summed E-state index contributed by atoms with van der Waals surface area (Å²) < 4.78 is 34.7. The zero-order valence-corrected chi connectivity index (χ0v) is 75.4. The molecule has 30 aromatic rings. The van der Waals surface area contributed by atoms with Crippen molar-refractivity contribution in [2.45, 2.75) is 0 Å². The first-order valence-corrected chi connectivity index (χ1v) is 47.4. The third-order valence-corrected chi connectivity index (χ3v) is 28.2. The Morgan fingerprint density at radius 3 is 1.04 bits per heavy atom. The average Bonchev–Trinajstić information content (AvgIpc) is 1.54. The standard InChI is InChI=1S/C48H29FN4.C44H26N4O.C36H24N2/c49-31-24-22-30(23-25-31)47-36-16-6-9-19-39(36)50-48(51-47)35-26-27-42(34-15-5-4-14-33(34)35)53-41-21-11-8-18-38(41)46-44(53)29-28-43-45(46)37-17-7-10-20-40(37)52(43)32-12-2-1-3-13-32;1-2-13-27(14-3-1)47-35-22-9-5-17-31(35)40-37(47)25-26-38-41(40)32-18-6-10-23-36(32)48(38)44-45-34-21-8-4-16-30(34)42(46-44)33-20-12-19-29-28-15-7-11-24-39(28)49-43(29)33;1-4-12-25(13-5-1)26-20-21-32-30(24-26)36-34(38(32)28-16-8-3-9-17-28)23-22-33-35(36)29-18-10-11-19-31(29)37(33)27-14-6-2-7-15-27/h1-29H;1-26H;1-24H. The Balaban J connectivity index is 0.000000104. The molecule has 140 heavy (non-hydrogen) atoms. The zero-order valence-electron chi connectivity index (χ0n) is 75.4. The van der Waals surface area contributed by atoms with E-state index in [2.05, 4.69) is 434 Å². The molecule has 11 nitrogen and oxygen atoms in total. The molecule has 0 unspecified atom stereocenters. The lowest BCUT2D eigenvalue weighted by atomic mass is 10.0. The van der Waals surface area contributed by atoms with E-state index in [1.54, 1.807) is 12.1 Å². The monoisotopic (exact) mass is 1790 g/mol. The number of aromatic nitrogens is 10. The highest BCUT2D eigenvalue weighted by atomic mass is 19.1. The van der Waals surface area contributed by atoms with E-state index in [1.807, 2.05) is 48.5 Å². The molecule has 0 radical (unpaired) electrons. The second-order valence-electron chi connectivity index (χ2n) is 35.9. The third kappa shape index (κ3) is 12.5. The van der Waals surface area contributed by atoms with Crippen LogP contribution in [0.15, 0.2) is 484 Å². The number of hydrogen-bond donors (Lipinski definition) is 0. The summed E-state index contributed by atoms with van der Waals surface area (Å²) in [4.78, 5) is 20.9. The van der Waals surface area contributed by atoms with Crippen LogP contribution in [0.1, 0.15) is 0 Å². The summed E-state index contributed by atoms with van der Waals surface area (Å²) >= 11 is 0. The predicted octanol–water partition coefficient (Wildman–Crippen LogP) is 33.4. The van der Waals surface area contributed by atoms with Gasteiger partial charge in [-0.2, -0.15) is 0 Å². The van der Waals surface area contributed by atoms with Crippen LogP contribution in [0.4, 0.5) is 4.39 Å². The molecule has 0 amide bonds. The number of rotatable bonds is 10. The van der Waals surface area contributed by atoms with Gasteiger partial charge in [0.15, 0.2) is 5.82 Å². The van der Waals surface area contributed by atoms with Gasteiger partial charge in [-0.1, -0.05) is 291 Å². The Morgan fingerprint density at radius 2 is 0.543 bits per heavy atom. The summed E-state index contributed by atoms with van der Waals surface area (Å²) in [6.07, 6.45) is 0. The number of fused-ring (bicyclic) bond motifs is 27. The first-order chi connectivity index (χ1) is 69.4. The minimum absolute atomic E-state index is 0.276. The van der Waals surface area contributed by atoms with Gasteiger partial charge in [0.05, 0.1) is 94.3 Å². The predicted molar refractivity (Wildman–Crippen MR) is 578 cm³/mol. The second-order valence-corrected chi connectivity index (χ2v) is 35.9. The number of para-hydroxylation sites is 13. The van der Waals surface area contributed by atoms with E-state index in [9.17, 15) is 4.39 Å². The van der Waals surface area contributed by atoms with Crippen LogP contribution in [-0.2, 0) is 0 Å². The molecule has 0 atom stereocenters. The minimum atomic E-state index is -0.276. The third-order valence-electron chi connectivity index (χ3n) is 28.2. The van der Waals surface area contributed by atoms with Crippen molar-refractivity contribution >= 4 is 185 Å². The van der Waals surface area contributed by atoms with Crippen LogP contribution in [0.5, 0.6) is 0 Å². The van der Waals surface area contributed by atoms with Gasteiger partial charge in [0.1, 0.15) is 17.0 Å². The summed E-state index contributed by atoms with van der Waals surface area (Å²) in [5, 5.41) is 21.1. The van der Waals surface area contributed by atoms with Crippen molar-refractivity contribution in [2.75, 3.05) is 0 Å². The van der Waals surface area contributed by atoms with Crippen LogP contribution < -0.4 is 0 Å². The fourth-order valence-corrected chi connectivity index (χ4v) is 22.3. The highest BCUT2D eigenvalue weighted by Crippen LogP contribution is 2.50. The maximum atomic E-state index is 14.0. The van der Waals surface area contributed by atoms with Crippen LogP contribution in [0.25, 0.3) is 265 Å². The lowest BCUT2D eigenvalue weighted by molar-refractivity contribution is 0.628. The largest absolute Gasteiger partial charge is 0.455 e. The van der Waals surface area contributed by atoms with Crippen molar-refractivity contribution in [3.63, 3.8) is 0 Å². The Labute approximate surface area is 800 Å². The highest BCUT2D eigenvalue weighted by Gasteiger charge is 2.29. The molecule has 0 aliphatic carbocycles. The van der Waals surface area contributed by atoms with Gasteiger partial charge in [-0.15, -0.1) is 0 Å². The normalized spacial score (nSPS) is 11.9. The molecule has 9 aromatic heterocycles. The van der Waals surface area contributed by atoms with Gasteiger partial charge >= 0.3 is 0 Å². The topological polar surface area (TPSA) is 94.3 Å². The van der Waals surface area contributed by atoms with E-state index < -0.39 is 0 Å². The van der Waals surface area contributed by atoms with Crippen LogP contribution in [0, 0.1) is 5.82 Å². The molecule has 0 spiro atoms. The van der Waals surface area contributed by atoms with E-state index in [0.717, 1.165) is 127 Å². The maximum absolute atomic E-state index is 14.0. The van der Waals surface area contributed by atoms with Gasteiger partial charge in [-0.25, -0.2) is 24.3 Å². The number of halogens is 1. The van der Waals surface area contributed by atoms with Gasteiger partial charge in [0.25, 0.3) is 0 Å². The summed E-state index contributed by atoms with van der Waals surface area (Å²) in [6.45, 7) is 0. The van der Waals surface area contributed by atoms with Gasteiger partial charge in [-0.05, 0) is 205 Å². The Morgan fingerprint density at radius 1 is 0.193 bits per heavy atom. The number of hydrogen-bond acceptors (Lipinski definition) is 5. The fraction of sp³-hybridized carbons (Fsp3) is 0. The number of furan rings is 1. The molecule has 30 rings (SSSR count). The van der Waals surface area contributed by atoms with Crippen LogP contribution in [-0.4, -0.2) is 47.3 Å². The molecule has 0 fully saturated rings. The summed E-state index contributed by atoms with van der Waals surface area (Å²) in [5.74, 6) is 0.976. The van der Waals surface area contributed by atoms with E-state index >= 15 is 0 Å². The molecule has 0 saturated carbocycles. The number of nitrogens with zero attached hydrogens (tertiary/aromatic N) is 10. The molecule has 0 bridgehead atoms. The lowest BCUT2D eigenvalue weighted by Gasteiger charge is -2.15. The van der Waals surface area contributed by atoms with E-state index in [-0.39, 0.29) is 5.82 Å². The van der Waals surface area contributed by atoms with E-state index in [1.165, 1.54) is 138 Å². The highest BCUT2D eigenvalue weighted by molar-refractivity contribution is 6.32. The maximum Gasteiger partial charge on any atom is 0.235 e. The van der Waals surface area contributed by atoms with Crippen molar-refractivity contribution in [3.05, 3.63) is 485 Å². The van der Waals surface area contributed by atoms with Crippen molar-refractivity contribution in [2.24, 2.45) is 0 Å². The Kier molecular flexibility index (Phi) is 18.3. The van der Waals surface area contributed by atoms with Crippen molar-refractivity contribution in [1.29, 1.82) is 0 Å². The zero-order chi connectivity index (χ0) is 92.2. The second kappa shape index (κ2) is 32.2. The van der Waals surface area contributed by atoms with Crippen LogP contribution >= 0.6 is 0 Å². The van der Waals surface area contributed by atoms with Gasteiger partial charge in [-0.3, -0.25) is 4.57 Å². The minimum Gasteiger partial charge on any atom is -0.455 e. The molecule has 654 valence electrons. The smallest absolute Gasteiger partial charge is 0.235 e. The van der Waals surface area contributed by atoms with Crippen molar-refractivity contribution < 1.29 is 8.81 Å². The average molecular weight is 1790 g/mol. The van der Waals surface area contributed by atoms with Gasteiger partial charge in [0, 0.05) is 131 Å². The molecular formula is C128H79FN10O. The summed E-state index contributed by atoms with van der Waals surface area (Å²) in [7, 11) is 0. The van der Waals surface area contributed by atoms with Gasteiger partial charge < -0.3 is 27.3 Å². The quantitative estimate of drug-likeness (QED) is 0.136. The molecule has 0 aliphatic heterocycles. The molecule has 0 N–H and O–H groups in total. The van der Waals surface area contributed by atoms with E-state index in [4.69, 9.17) is 24.4 Å². The van der Waals surface area contributed by atoms with E-state index in [0.29, 0.717) is 11.8 Å². The van der Waals surface area contributed by atoms with Crippen LogP contribution in [0.3, 0.4) is 0 Å². The molecule has 12 heteroatoms.